The Hall–Kier alpha value is -1.62. The highest BCUT2D eigenvalue weighted by molar-refractivity contribution is 5.62. The first kappa shape index (κ1) is 11.5. The Morgan fingerprint density at radius 3 is 3.06 bits per heavy atom. The average Bonchev–Trinajstić information content (AvgIpc) is 2.91. The first-order valence-corrected chi connectivity index (χ1v) is 6.40. The lowest BCUT2D eigenvalue weighted by Crippen LogP contribution is -2.34. The molecule has 5 heteroatoms. The molecule has 0 unspecified atom stereocenters. The monoisotopic (exact) mass is 247 g/mol. The third-order valence-corrected chi connectivity index (χ3v) is 4.23. The van der Waals surface area contributed by atoms with Gasteiger partial charge in [0.05, 0.1) is 10.5 Å². The predicted octanol–water partition coefficient (Wildman–Crippen LogP) is 1.70. The molecule has 18 heavy (non-hydrogen) atoms. The van der Waals surface area contributed by atoms with Crippen molar-refractivity contribution in [2.45, 2.75) is 19.4 Å². The molecule has 2 saturated heterocycles. The van der Waals surface area contributed by atoms with Gasteiger partial charge in [0.25, 0.3) is 5.69 Å². The fraction of sp³-hybridized carbons (Fsp3) is 0.538. The third kappa shape index (κ3) is 1.66. The van der Waals surface area contributed by atoms with E-state index < -0.39 is 0 Å². The molecule has 96 valence electrons. The third-order valence-electron chi connectivity index (χ3n) is 4.23. The van der Waals surface area contributed by atoms with Crippen molar-refractivity contribution in [2.75, 3.05) is 24.5 Å². The van der Waals surface area contributed by atoms with Crippen LogP contribution in [0.1, 0.15) is 12.0 Å². The van der Waals surface area contributed by atoms with Crippen LogP contribution in [0.3, 0.4) is 0 Å². The number of fused-ring (bicyclic) bond motifs is 1. The van der Waals surface area contributed by atoms with E-state index in [1.54, 1.807) is 12.1 Å². The summed E-state index contributed by atoms with van der Waals surface area (Å²) in [4.78, 5) is 13.0. The van der Waals surface area contributed by atoms with E-state index in [4.69, 9.17) is 0 Å². The highest BCUT2D eigenvalue weighted by Crippen LogP contribution is 2.36. The van der Waals surface area contributed by atoms with Gasteiger partial charge >= 0.3 is 0 Å². The van der Waals surface area contributed by atoms with Crippen molar-refractivity contribution in [1.82, 2.24) is 5.32 Å². The van der Waals surface area contributed by atoms with Gasteiger partial charge in [-0.15, -0.1) is 0 Å². The highest BCUT2D eigenvalue weighted by Gasteiger charge is 2.38. The highest BCUT2D eigenvalue weighted by atomic mass is 16.6. The minimum Gasteiger partial charge on any atom is -0.367 e. The molecule has 2 fully saturated rings. The van der Waals surface area contributed by atoms with Crippen LogP contribution in [-0.2, 0) is 0 Å². The summed E-state index contributed by atoms with van der Waals surface area (Å²) in [7, 11) is 0. The van der Waals surface area contributed by atoms with Crippen LogP contribution in [0.4, 0.5) is 11.4 Å². The zero-order valence-electron chi connectivity index (χ0n) is 10.4. The number of hydrogen-bond donors (Lipinski definition) is 1. The van der Waals surface area contributed by atoms with Gasteiger partial charge in [0.2, 0.25) is 0 Å². The summed E-state index contributed by atoms with van der Waals surface area (Å²) in [6.07, 6.45) is 1.18. The maximum Gasteiger partial charge on any atom is 0.274 e. The molecule has 1 N–H and O–H groups in total. The van der Waals surface area contributed by atoms with Crippen LogP contribution >= 0.6 is 0 Å². The molecular weight excluding hydrogens is 230 g/mol. The van der Waals surface area contributed by atoms with Crippen LogP contribution < -0.4 is 10.2 Å². The van der Waals surface area contributed by atoms with E-state index in [2.05, 4.69) is 10.2 Å². The minimum atomic E-state index is -0.292. The molecule has 5 nitrogen and oxygen atoms in total. The number of nitro groups is 1. The summed E-state index contributed by atoms with van der Waals surface area (Å²) in [6.45, 7) is 4.93. The van der Waals surface area contributed by atoms with Crippen LogP contribution in [-0.4, -0.2) is 30.6 Å². The lowest BCUT2D eigenvalue weighted by Gasteiger charge is -2.27. The van der Waals surface area contributed by atoms with Gasteiger partial charge in [0.1, 0.15) is 0 Å². The van der Waals surface area contributed by atoms with E-state index in [-0.39, 0.29) is 10.6 Å². The van der Waals surface area contributed by atoms with Gasteiger partial charge < -0.3 is 10.2 Å². The molecular formula is C13H17N3O2. The van der Waals surface area contributed by atoms with Gasteiger partial charge in [-0.1, -0.05) is 6.07 Å². The second-order valence-electron chi connectivity index (χ2n) is 5.15. The van der Waals surface area contributed by atoms with Crippen LogP contribution in [0.15, 0.2) is 18.2 Å². The maximum absolute atomic E-state index is 11.0. The Balaban J connectivity index is 1.97. The van der Waals surface area contributed by atoms with Crippen LogP contribution in [0.5, 0.6) is 0 Å². The number of hydrogen-bond acceptors (Lipinski definition) is 4. The number of nitro benzene ring substituents is 1. The molecule has 0 aliphatic carbocycles. The standard InChI is InChI=1S/C13H17N3O2/c1-9-11(3-2-4-12(9)16(17)18)15-6-5-10-7-14-8-13(10)15/h2-4,10,13-14H,5-8H2,1H3/t10-,13+/m0/s1. The average molecular weight is 247 g/mol. The Labute approximate surface area is 106 Å². The molecule has 2 atom stereocenters. The lowest BCUT2D eigenvalue weighted by atomic mass is 10.0. The Bertz CT molecular complexity index is 489. The second kappa shape index (κ2) is 4.24. The molecule has 0 saturated carbocycles. The van der Waals surface area contributed by atoms with Gasteiger partial charge in [0, 0.05) is 37.4 Å². The van der Waals surface area contributed by atoms with Crippen molar-refractivity contribution in [3.8, 4) is 0 Å². The van der Waals surface area contributed by atoms with E-state index in [9.17, 15) is 10.1 Å². The van der Waals surface area contributed by atoms with Crippen LogP contribution in [0.25, 0.3) is 0 Å². The Morgan fingerprint density at radius 1 is 1.44 bits per heavy atom. The first-order valence-electron chi connectivity index (χ1n) is 6.40. The van der Waals surface area contributed by atoms with Crippen molar-refractivity contribution in [2.24, 2.45) is 5.92 Å². The first-order chi connectivity index (χ1) is 8.68. The number of anilines is 1. The number of nitrogens with one attached hydrogen (secondary N) is 1. The van der Waals surface area contributed by atoms with Crippen LogP contribution in [0, 0.1) is 23.0 Å². The van der Waals surface area contributed by atoms with Crippen molar-refractivity contribution in [3.05, 3.63) is 33.9 Å². The largest absolute Gasteiger partial charge is 0.367 e. The summed E-state index contributed by atoms with van der Waals surface area (Å²) in [5.74, 6) is 0.698. The number of nitrogens with zero attached hydrogens (tertiary/aromatic N) is 2. The zero-order valence-corrected chi connectivity index (χ0v) is 10.4. The molecule has 1 aromatic carbocycles. The smallest absolute Gasteiger partial charge is 0.274 e. The van der Waals surface area contributed by atoms with Crippen molar-refractivity contribution in [1.29, 1.82) is 0 Å². The maximum atomic E-state index is 11.0. The molecule has 0 amide bonds. The Morgan fingerprint density at radius 2 is 2.28 bits per heavy atom. The van der Waals surface area contributed by atoms with E-state index >= 15 is 0 Å². The molecule has 3 rings (SSSR count). The van der Waals surface area contributed by atoms with Crippen molar-refractivity contribution in [3.63, 3.8) is 0 Å². The summed E-state index contributed by atoms with van der Waals surface area (Å²) in [6, 6.07) is 5.88. The van der Waals surface area contributed by atoms with E-state index in [0.29, 0.717) is 12.0 Å². The van der Waals surface area contributed by atoms with Crippen LogP contribution in [0.2, 0.25) is 0 Å². The van der Waals surface area contributed by atoms with Crippen molar-refractivity contribution >= 4 is 11.4 Å². The summed E-state index contributed by atoms with van der Waals surface area (Å²) in [5.41, 5.74) is 2.04. The lowest BCUT2D eigenvalue weighted by molar-refractivity contribution is -0.385. The second-order valence-corrected chi connectivity index (χ2v) is 5.15. The zero-order chi connectivity index (χ0) is 12.7. The molecule has 0 bridgehead atoms. The SMILES string of the molecule is Cc1c(N2CC[C@H]3CNC[C@H]32)cccc1[N+](=O)[O-]. The topological polar surface area (TPSA) is 58.4 Å². The fourth-order valence-electron chi connectivity index (χ4n) is 3.27. The molecule has 2 heterocycles. The predicted molar refractivity (Wildman–Crippen MR) is 69.9 cm³/mol. The molecule has 2 aliphatic heterocycles. The van der Waals surface area contributed by atoms with Gasteiger partial charge in [0.15, 0.2) is 0 Å². The summed E-state index contributed by atoms with van der Waals surface area (Å²) < 4.78 is 0. The summed E-state index contributed by atoms with van der Waals surface area (Å²) >= 11 is 0. The molecule has 0 radical (unpaired) electrons. The van der Waals surface area contributed by atoms with Gasteiger partial charge in [-0.2, -0.15) is 0 Å². The molecule has 0 aromatic heterocycles. The van der Waals surface area contributed by atoms with Gasteiger partial charge in [-0.25, -0.2) is 0 Å². The van der Waals surface area contributed by atoms with E-state index in [1.807, 2.05) is 13.0 Å². The normalized spacial score (nSPS) is 26.4. The molecule has 1 aromatic rings. The Kier molecular flexibility index (Phi) is 2.70. The van der Waals surface area contributed by atoms with E-state index in [0.717, 1.165) is 30.9 Å². The minimum absolute atomic E-state index is 0.224. The number of rotatable bonds is 2. The number of benzene rings is 1. The fourth-order valence-corrected chi connectivity index (χ4v) is 3.27. The van der Waals surface area contributed by atoms with Gasteiger partial charge in [-0.3, -0.25) is 10.1 Å². The summed E-state index contributed by atoms with van der Waals surface area (Å²) in [5, 5.41) is 14.4. The molecule has 2 aliphatic rings. The van der Waals surface area contributed by atoms with Crippen molar-refractivity contribution < 1.29 is 4.92 Å². The van der Waals surface area contributed by atoms with Gasteiger partial charge in [-0.05, 0) is 25.3 Å². The molecule has 0 spiro atoms. The van der Waals surface area contributed by atoms with E-state index in [1.165, 1.54) is 6.42 Å². The quantitative estimate of drug-likeness (QED) is 0.638.